The van der Waals surface area contributed by atoms with Gasteiger partial charge in [0.1, 0.15) is 0 Å². The first-order chi connectivity index (χ1) is 8.83. The van der Waals surface area contributed by atoms with E-state index in [1.165, 1.54) is 25.7 Å². The first-order valence-corrected chi connectivity index (χ1v) is 7.55. The Kier molecular flexibility index (Phi) is 5.48. The third-order valence-corrected chi connectivity index (χ3v) is 4.91. The quantitative estimate of drug-likeness (QED) is 0.844. The summed E-state index contributed by atoms with van der Waals surface area (Å²) in [6.45, 7) is 6.33. The van der Waals surface area contributed by atoms with E-state index >= 15 is 0 Å². The summed E-state index contributed by atoms with van der Waals surface area (Å²) in [5.41, 5.74) is 0. The van der Waals surface area contributed by atoms with Gasteiger partial charge in [-0.3, -0.25) is 9.69 Å². The van der Waals surface area contributed by atoms with Crippen LogP contribution in [0.15, 0.2) is 0 Å². The van der Waals surface area contributed by atoms with Crippen molar-refractivity contribution in [1.29, 1.82) is 0 Å². The van der Waals surface area contributed by atoms with Crippen molar-refractivity contribution >= 4 is 18.3 Å². The second-order valence-electron chi connectivity index (χ2n) is 6.06. The first kappa shape index (κ1) is 15.1. The lowest BCUT2D eigenvalue weighted by Crippen LogP contribution is -2.52. The van der Waals surface area contributed by atoms with Gasteiger partial charge in [-0.2, -0.15) is 0 Å². The minimum Gasteiger partial charge on any atom is -0.340 e. The molecule has 0 aromatic heterocycles. The second-order valence-corrected chi connectivity index (χ2v) is 6.06. The Bertz CT molecular complexity index is 295. The van der Waals surface area contributed by atoms with Crippen LogP contribution in [-0.2, 0) is 4.79 Å². The van der Waals surface area contributed by atoms with Gasteiger partial charge in [-0.05, 0) is 31.7 Å². The number of halogens is 1. The highest BCUT2D eigenvalue weighted by Crippen LogP contribution is 2.30. The molecule has 0 radical (unpaired) electrons. The van der Waals surface area contributed by atoms with Gasteiger partial charge in [0.05, 0.1) is 0 Å². The molecule has 19 heavy (non-hydrogen) atoms. The Balaban J connectivity index is 0.00000133. The molecule has 2 saturated heterocycles. The number of nitrogens with one attached hydrogen (secondary N) is 1. The summed E-state index contributed by atoms with van der Waals surface area (Å²) in [7, 11) is 0. The normalized spacial score (nSPS) is 28.8. The number of hydrogen-bond donors (Lipinski definition) is 1. The Labute approximate surface area is 122 Å². The van der Waals surface area contributed by atoms with Crippen LogP contribution in [0.25, 0.3) is 0 Å². The predicted molar refractivity (Wildman–Crippen MR) is 78.6 cm³/mol. The summed E-state index contributed by atoms with van der Waals surface area (Å²) in [6, 6.07) is 0.717. The topological polar surface area (TPSA) is 35.6 Å². The average molecular weight is 288 g/mol. The van der Waals surface area contributed by atoms with E-state index in [1.807, 2.05) is 0 Å². The number of nitrogens with zero attached hydrogens (tertiary/aromatic N) is 2. The van der Waals surface area contributed by atoms with Gasteiger partial charge in [0.15, 0.2) is 0 Å². The predicted octanol–water partition coefficient (Wildman–Crippen LogP) is 1.10. The van der Waals surface area contributed by atoms with Crippen LogP contribution in [0.1, 0.15) is 32.1 Å². The summed E-state index contributed by atoms with van der Waals surface area (Å²) in [5, 5.41) is 3.42. The monoisotopic (exact) mass is 287 g/mol. The summed E-state index contributed by atoms with van der Waals surface area (Å²) in [4.78, 5) is 16.8. The third kappa shape index (κ3) is 3.61. The van der Waals surface area contributed by atoms with E-state index in [4.69, 9.17) is 0 Å². The molecule has 5 heteroatoms. The van der Waals surface area contributed by atoms with E-state index < -0.39 is 0 Å². The molecule has 3 aliphatic rings. The van der Waals surface area contributed by atoms with E-state index in [9.17, 15) is 4.79 Å². The van der Waals surface area contributed by atoms with Crippen molar-refractivity contribution in [2.75, 3.05) is 39.3 Å². The van der Waals surface area contributed by atoms with Gasteiger partial charge < -0.3 is 10.2 Å². The lowest BCUT2D eigenvalue weighted by molar-refractivity contribution is -0.134. The van der Waals surface area contributed by atoms with Gasteiger partial charge in [0, 0.05) is 45.2 Å². The molecule has 1 aliphatic carbocycles. The SMILES string of the molecule is Cl.O=C(CC1CCC1)N1CCN(C2CCNC2)CC1. The molecule has 1 saturated carbocycles. The van der Waals surface area contributed by atoms with Gasteiger partial charge >= 0.3 is 0 Å². The Hall–Kier alpha value is -0.320. The molecule has 110 valence electrons. The highest BCUT2D eigenvalue weighted by Gasteiger charge is 2.29. The molecular weight excluding hydrogens is 262 g/mol. The number of carbonyl (C=O) groups is 1. The molecule has 1 N–H and O–H groups in total. The van der Waals surface area contributed by atoms with Gasteiger partial charge in [-0.1, -0.05) is 6.42 Å². The summed E-state index contributed by atoms with van der Waals surface area (Å²) in [6.07, 6.45) is 5.97. The summed E-state index contributed by atoms with van der Waals surface area (Å²) < 4.78 is 0. The molecule has 3 fully saturated rings. The molecule has 0 bridgehead atoms. The van der Waals surface area contributed by atoms with E-state index in [2.05, 4.69) is 15.1 Å². The molecule has 4 nitrogen and oxygen atoms in total. The molecule has 0 spiro atoms. The summed E-state index contributed by atoms with van der Waals surface area (Å²) in [5.74, 6) is 1.11. The first-order valence-electron chi connectivity index (χ1n) is 7.55. The Morgan fingerprint density at radius 1 is 1.11 bits per heavy atom. The zero-order chi connectivity index (χ0) is 12.4. The largest absolute Gasteiger partial charge is 0.340 e. The molecular formula is C14H26ClN3O. The average Bonchev–Trinajstić information content (AvgIpc) is 2.87. The third-order valence-electron chi connectivity index (χ3n) is 4.91. The van der Waals surface area contributed by atoms with Crippen molar-refractivity contribution in [3.63, 3.8) is 0 Å². The van der Waals surface area contributed by atoms with E-state index in [1.54, 1.807) is 0 Å². The summed E-state index contributed by atoms with van der Waals surface area (Å²) >= 11 is 0. The van der Waals surface area contributed by atoms with Crippen LogP contribution in [0.2, 0.25) is 0 Å². The van der Waals surface area contributed by atoms with E-state index in [0.717, 1.165) is 45.7 Å². The van der Waals surface area contributed by atoms with Crippen molar-refractivity contribution in [2.24, 2.45) is 5.92 Å². The van der Waals surface area contributed by atoms with Crippen LogP contribution >= 0.6 is 12.4 Å². The van der Waals surface area contributed by atoms with Crippen molar-refractivity contribution in [1.82, 2.24) is 15.1 Å². The fraction of sp³-hybridized carbons (Fsp3) is 0.929. The van der Waals surface area contributed by atoms with Crippen molar-refractivity contribution in [2.45, 2.75) is 38.1 Å². The number of hydrogen-bond acceptors (Lipinski definition) is 3. The zero-order valence-corrected chi connectivity index (χ0v) is 12.5. The van der Waals surface area contributed by atoms with E-state index in [0.29, 0.717) is 17.9 Å². The molecule has 2 heterocycles. The number of rotatable bonds is 3. The number of piperazine rings is 1. The van der Waals surface area contributed by atoms with Gasteiger partial charge in [0.2, 0.25) is 5.91 Å². The molecule has 2 aliphatic heterocycles. The zero-order valence-electron chi connectivity index (χ0n) is 11.6. The van der Waals surface area contributed by atoms with Crippen molar-refractivity contribution < 1.29 is 4.79 Å². The Morgan fingerprint density at radius 3 is 2.37 bits per heavy atom. The van der Waals surface area contributed by atoms with Gasteiger partial charge in [-0.15, -0.1) is 12.4 Å². The lowest BCUT2D eigenvalue weighted by Gasteiger charge is -2.38. The van der Waals surface area contributed by atoms with Gasteiger partial charge in [0.25, 0.3) is 0 Å². The molecule has 3 rings (SSSR count). The molecule has 1 amide bonds. The smallest absolute Gasteiger partial charge is 0.222 e. The van der Waals surface area contributed by atoms with Crippen molar-refractivity contribution in [3.8, 4) is 0 Å². The van der Waals surface area contributed by atoms with Gasteiger partial charge in [-0.25, -0.2) is 0 Å². The van der Waals surface area contributed by atoms with Crippen molar-refractivity contribution in [3.05, 3.63) is 0 Å². The van der Waals surface area contributed by atoms with Crippen LogP contribution < -0.4 is 5.32 Å². The molecule has 1 atom stereocenters. The number of carbonyl (C=O) groups excluding carboxylic acids is 1. The molecule has 1 unspecified atom stereocenters. The number of amides is 1. The Morgan fingerprint density at radius 2 is 1.84 bits per heavy atom. The van der Waals surface area contributed by atoms with Crippen LogP contribution in [0.5, 0.6) is 0 Å². The van der Waals surface area contributed by atoms with E-state index in [-0.39, 0.29) is 12.4 Å². The molecule has 0 aromatic rings. The maximum atomic E-state index is 12.1. The fourth-order valence-electron chi connectivity index (χ4n) is 3.36. The fourth-order valence-corrected chi connectivity index (χ4v) is 3.36. The maximum Gasteiger partial charge on any atom is 0.222 e. The minimum atomic E-state index is 0. The van der Waals surface area contributed by atoms with Crippen LogP contribution in [-0.4, -0.2) is 61.0 Å². The highest BCUT2D eigenvalue weighted by atomic mass is 35.5. The molecule has 0 aromatic carbocycles. The lowest BCUT2D eigenvalue weighted by atomic mass is 9.82. The standard InChI is InChI=1S/C14H25N3O.ClH/c18-14(10-12-2-1-3-12)17-8-6-16(7-9-17)13-4-5-15-11-13;/h12-13,15H,1-11H2;1H. The van der Waals surface area contributed by atoms with Crippen LogP contribution in [0, 0.1) is 5.92 Å². The van der Waals surface area contributed by atoms with Crippen LogP contribution in [0.3, 0.4) is 0 Å². The second kappa shape index (κ2) is 6.91. The van der Waals surface area contributed by atoms with Crippen LogP contribution in [0.4, 0.5) is 0 Å². The highest BCUT2D eigenvalue weighted by molar-refractivity contribution is 5.85. The minimum absolute atomic E-state index is 0. The maximum absolute atomic E-state index is 12.1.